The molecule has 0 atom stereocenters. The molecule has 0 aromatic heterocycles. The molecule has 0 saturated heterocycles. The SMILES string of the molecule is COc1ccccc1CN1C(=O)C(Nc2cc(C)ccc2OC)=C(c2ccccc2OC)C1=O. The van der Waals surface area contributed by atoms with Crippen molar-refractivity contribution in [1.82, 2.24) is 4.90 Å². The van der Waals surface area contributed by atoms with E-state index in [1.807, 2.05) is 49.4 Å². The average molecular weight is 459 g/mol. The number of imide groups is 1. The quantitative estimate of drug-likeness (QED) is 0.504. The molecule has 4 rings (SSSR count). The number of hydrogen-bond donors (Lipinski definition) is 1. The van der Waals surface area contributed by atoms with Gasteiger partial charge in [-0.2, -0.15) is 0 Å². The van der Waals surface area contributed by atoms with Crippen LogP contribution in [0.5, 0.6) is 17.2 Å². The van der Waals surface area contributed by atoms with Crippen molar-refractivity contribution in [2.75, 3.05) is 26.6 Å². The van der Waals surface area contributed by atoms with E-state index in [0.717, 1.165) is 11.1 Å². The van der Waals surface area contributed by atoms with Crippen LogP contribution in [0.15, 0.2) is 72.4 Å². The van der Waals surface area contributed by atoms with Crippen LogP contribution in [0.25, 0.3) is 5.57 Å². The van der Waals surface area contributed by atoms with Gasteiger partial charge in [0.15, 0.2) is 0 Å². The Labute approximate surface area is 198 Å². The van der Waals surface area contributed by atoms with E-state index in [4.69, 9.17) is 14.2 Å². The second-order valence-electron chi connectivity index (χ2n) is 7.79. The number of anilines is 1. The fourth-order valence-corrected chi connectivity index (χ4v) is 3.99. The molecule has 0 radical (unpaired) electrons. The summed E-state index contributed by atoms with van der Waals surface area (Å²) in [6.45, 7) is 2.01. The third kappa shape index (κ3) is 4.20. The predicted molar refractivity (Wildman–Crippen MR) is 130 cm³/mol. The Balaban J connectivity index is 1.83. The molecule has 7 heteroatoms. The highest BCUT2D eigenvalue weighted by molar-refractivity contribution is 6.37. The maximum atomic E-state index is 13.7. The summed E-state index contributed by atoms with van der Waals surface area (Å²) in [6.07, 6.45) is 0. The largest absolute Gasteiger partial charge is 0.496 e. The molecule has 3 aromatic carbocycles. The number of aryl methyl sites for hydroxylation is 1. The van der Waals surface area contributed by atoms with Crippen LogP contribution in [0.3, 0.4) is 0 Å². The first-order chi connectivity index (χ1) is 16.5. The minimum Gasteiger partial charge on any atom is -0.496 e. The normalized spacial score (nSPS) is 13.4. The number of nitrogens with one attached hydrogen (secondary N) is 1. The van der Waals surface area contributed by atoms with E-state index in [1.54, 1.807) is 38.5 Å². The second kappa shape index (κ2) is 9.70. The monoisotopic (exact) mass is 458 g/mol. The number of carbonyl (C=O) groups excluding carboxylic acids is 2. The van der Waals surface area contributed by atoms with Gasteiger partial charge in [0.25, 0.3) is 11.8 Å². The molecule has 0 spiro atoms. The predicted octanol–water partition coefficient (Wildman–Crippen LogP) is 4.41. The lowest BCUT2D eigenvalue weighted by Crippen LogP contribution is -2.32. The van der Waals surface area contributed by atoms with Crippen LogP contribution in [0.4, 0.5) is 5.69 Å². The first-order valence-electron chi connectivity index (χ1n) is 10.8. The minimum atomic E-state index is -0.444. The summed E-state index contributed by atoms with van der Waals surface area (Å²) in [5.41, 5.74) is 3.21. The molecule has 1 aliphatic rings. The summed E-state index contributed by atoms with van der Waals surface area (Å²) in [7, 11) is 4.65. The van der Waals surface area contributed by atoms with Crippen LogP contribution >= 0.6 is 0 Å². The van der Waals surface area contributed by atoms with Gasteiger partial charge in [0.05, 0.1) is 39.1 Å². The van der Waals surface area contributed by atoms with Crippen LogP contribution in [-0.4, -0.2) is 38.0 Å². The van der Waals surface area contributed by atoms with Gasteiger partial charge < -0.3 is 19.5 Å². The summed E-state index contributed by atoms with van der Waals surface area (Å²) in [5, 5.41) is 3.18. The van der Waals surface area contributed by atoms with Gasteiger partial charge in [-0.3, -0.25) is 14.5 Å². The van der Waals surface area contributed by atoms with Crippen molar-refractivity contribution in [3.63, 3.8) is 0 Å². The van der Waals surface area contributed by atoms with Gasteiger partial charge >= 0.3 is 0 Å². The van der Waals surface area contributed by atoms with E-state index in [2.05, 4.69) is 5.32 Å². The van der Waals surface area contributed by atoms with Crippen molar-refractivity contribution in [3.8, 4) is 17.2 Å². The van der Waals surface area contributed by atoms with Crippen molar-refractivity contribution in [2.45, 2.75) is 13.5 Å². The highest BCUT2D eigenvalue weighted by Crippen LogP contribution is 2.38. The molecular weight excluding hydrogens is 432 g/mol. The van der Waals surface area contributed by atoms with E-state index in [0.29, 0.717) is 28.5 Å². The number of rotatable bonds is 8. The molecule has 1 aliphatic heterocycles. The van der Waals surface area contributed by atoms with Crippen LogP contribution in [0.2, 0.25) is 0 Å². The van der Waals surface area contributed by atoms with Gasteiger partial charge in [0.1, 0.15) is 22.9 Å². The Hall–Kier alpha value is -4.26. The number of carbonyl (C=O) groups is 2. The zero-order valence-electron chi connectivity index (χ0n) is 19.5. The minimum absolute atomic E-state index is 0.0659. The molecular formula is C27H26N2O5. The molecule has 174 valence electrons. The van der Waals surface area contributed by atoms with Gasteiger partial charge in [-0.15, -0.1) is 0 Å². The van der Waals surface area contributed by atoms with Crippen LogP contribution in [0.1, 0.15) is 16.7 Å². The lowest BCUT2D eigenvalue weighted by atomic mass is 10.0. The van der Waals surface area contributed by atoms with Crippen LogP contribution in [-0.2, 0) is 16.1 Å². The van der Waals surface area contributed by atoms with Gasteiger partial charge in [0.2, 0.25) is 0 Å². The van der Waals surface area contributed by atoms with Crippen molar-refractivity contribution in [1.29, 1.82) is 0 Å². The fourth-order valence-electron chi connectivity index (χ4n) is 3.99. The van der Waals surface area contributed by atoms with E-state index in [-0.39, 0.29) is 17.8 Å². The summed E-state index contributed by atoms with van der Waals surface area (Å²) in [6, 6.07) is 20.0. The molecule has 0 aliphatic carbocycles. The Morgan fingerprint density at radius 2 is 1.41 bits per heavy atom. The van der Waals surface area contributed by atoms with Gasteiger partial charge in [-0.05, 0) is 36.8 Å². The summed E-state index contributed by atoms with van der Waals surface area (Å²) >= 11 is 0. The first-order valence-corrected chi connectivity index (χ1v) is 10.8. The van der Waals surface area contributed by atoms with Crippen LogP contribution in [0, 0.1) is 6.92 Å². The van der Waals surface area contributed by atoms with Gasteiger partial charge in [-0.25, -0.2) is 0 Å². The molecule has 7 nitrogen and oxygen atoms in total. The summed E-state index contributed by atoms with van der Waals surface area (Å²) in [4.78, 5) is 28.6. The van der Waals surface area contributed by atoms with Gasteiger partial charge in [0, 0.05) is 11.1 Å². The fraction of sp³-hybridized carbons (Fsp3) is 0.185. The van der Waals surface area contributed by atoms with E-state index < -0.39 is 11.8 Å². The maximum Gasteiger partial charge on any atom is 0.278 e. The molecule has 0 unspecified atom stereocenters. The topological polar surface area (TPSA) is 77.1 Å². The molecule has 0 saturated carbocycles. The lowest BCUT2D eigenvalue weighted by Gasteiger charge is -2.17. The molecule has 3 aromatic rings. The first kappa shape index (κ1) is 22.9. The molecule has 2 amide bonds. The maximum absolute atomic E-state index is 13.7. The standard InChI is InChI=1S/C27H26N2O5/c1-17-13-14-23(34-4)20(15-17)28-25-24(19-10-6-8-12-22(19)33-3)26(30)29(27(25)31)16-18-9-5-7-11-21(18)32-2/h5-15,28H,16H2,1-4H3. The summed E-state index contributed by atoms with van der Waals surface area (Å²) in [5.74, 6) is 0.785. The number of para-hydroxylation sites is 2. The van der Waals surface area contributed by atoms with E-state index in [1.165, 1.54) is 12.0 Å². The number of amides is 2. The highest BCUT2D eigenvalue weighted by Gasteiger charge is 2.40. The Morgan fingerprint density at radius 3 is 2.12 bits per heavy atom. The smallest absolute Gasteiger partial charge is 0.278 e. The van der Waals surface area contributed by atoms with Crippen molar-refractivity contribution in [3.05, 3.63) is 89.1 Å². The van der Waals surface area contributed by atoms with Gasteiger partial charge in [-0.1, -0.05) is 42.5 Å². The molecule has 34 heavy (non-hydrogen) atoms. The zero-order chi connectivity index (χ0) is 24.2. The average Bonchev–Trinajstić information content (AvgIpc) is 3.08. The number of ether oxygens (including phenoxy) is 3. The number of benzene rings is 3. The van der Waals surface area contributed by atoms with Crippen molar-refractivity contribution < 1.29 is 23.8 Å². The molecule has 0 fully saturated rings. The summed E-state index contributed by atoms with van der Waals surface area (Å²) < 4.78 is 16.4. The lowest BCUT2D eigenvalue weighted by molar-refractivity contribution is -0.137. The number of hydrogen-bond acceptors (Lipinski definition) is 6. The molecule has 0 bridgehead atoms. The Bertz CT molecular complexity index is 1280. The Morgan fingerprint density at radius 1 is 0.765 bits per heavy atom. The van der Waals surface area contributed by atoms with Crippen LogP contribution < -0.4 is 19.5 Å². The third-order valence-corrected chi connectivity index (χ3v) is 5.68. The Kier molecular flexibility index (Phi) is 6.54. The number of nitrogens with zero attached hydrogens (tertiary/aromatic N) is 1. The second-order valence-corrected chi connectivity index (χ2v) is 7.79. The van der Waals surface area contributed by atoms with E-state index in [9.17, 15) is 9.59 Å². The van der Waals surface area contributed by atoms with Crippen molar-refractivity contribution in [2.24, 2.45) is 0 Å². The molecule has 1 heterocycles. The van der Waals surface area contributed by atoms with E-state index >= 15 is 0 Å². The van der Waals surface area contributed by atoms with Crippen molar-refractivity contribution >= 4 is 23.1 Å². The zero-order valence-corrected chi connectivity index (χ0v) is 19.5. The highest BCUT2D eigenvalue weighted by atomic mass is 16.5. The third-order valence-electron chi connectivity index (χ3n) is 5.68. The molecule has 1 N–H and O–H groups in total. The number of methoxy groups -OCH3 is 3.